The van der Waals surface area contributed by atoms with Gasteiger partial charge in [0, 0.05) is 31.0 Å². The lowest BCUT2D eigenvalue weighted by atomic mass is 9.96. The van der Waals surface area contributed by atoms with Crippen molar-refractivity contribution in [3.05, 3.63) is 71.3 Å². The number of hydrogen-bond donors (Lipinski definition) is 1. The number of nitrogens with zero attached hydrogens (tertiary/aromatic N) is 2. The SMILES string of the molecule is CO[PH](=O)OCC(O)(CCc1nn(-c2ccc(F)cc2)cc1-c1ccc(Cl)cc1)CO[PH](=O)OC. The second-order valence-electron chi connectivity index (χ2n) is 7.63. The van der Waals surface area contributed by atoms with Gasteiger partial charge in [-0.25, -0.2) is 9.07 Å². The Labute approximate surface area is 208 Å². The first kappa shape index (κ1) is 27.7. The Bertz CT molecular complexity index is 1140. The quantitative estimate of drug-likeness (QED) is 0.295. The lowest BCUT2D eigenvalue weighted by Crippen LogP contribution is -2.39. The summed E-state index contributed by atoms with van der Waals surface area (Å²) in [5, 5.41) is 16.3. The van der Waals surface area contributed by atoms with Gasteiger partial charge in [-0.1, -0.05) is 23.7 Å². The van der Waals surface area contributed by atoms with Crippen LogP contribution in [-0.4, -0.2) is 47.9 Å². The topological polar surface area (TPSA) is 109 Å². The first-order valence-corrected chi connectivity index (χ1v) is 13.3. The van der Waals surface area contributed by atoms with Crippen molar-refractivity contribution >= 4 is 28.1 Å². The molecule has 1 heterocycles. The molecule has 0 fully saturated rings. The minimum Gasteiger partial charge on any atom is -0.385 e. The fourth-order valence-corrected chi connectivity index (χ4v) is 4.37. The zero-order valence-corrected chi connectivity index (χ0v) is 21.8. The molecule has 3 rings (SSSR count). The average molecular weight is 547 g/mol. The molecule has 0 aliphatic heterocycles. The Morgan fingerprint density at radius 1 is 1.00 bits per heavy atom. The predicted molar refractivity (Wildman–Crippen MR) is 131 cm³/mol. The Morgan fingerprint density at radius 2 is 1.57 bits per heavy atom. The van der Waals surface area contributed by atoms with Crippen LogP contribution in [0, 0.1) is 5.82 Å². The summed E-state index contributed by atoms with van der Waals surface area (Å²) in [4.78, 5) is 0. The van der Waals surface area contributed by atoms with Crippen LogP contribution >= 0.6 is 28.1 Å². The minimum atomic E-state index is -2.81. The highest BCUT2D eigenvalue weighted by Gasteiger charge is 2.31. The summed E-state index contributed by atoms with van der Waals surface area (Å²) in [6, 6.07) is 13.0. The number of halogens is 2. The average Bonchev–Trinajstić information content (AvgIpc) is 3.30. The third-order valence-electron chi connectivity index (χ3n) is 5.12. The van der Waals surface area contributed by atoms with Crippen molar-refractivity contribution in [2.24, 2.45) is 0 Å². The Hall–Kier alpha value is -1.87. The van der Waals surface area contributed by atoms with Crippen LogP contribution in [0.2, 0.25) is 5.02 Å². The first-order valence-electron chi connectivity index (χ1n) is 10.5. The number of aromatic nitrogens is 2. The monoisotopic (exact) mass is 546 g/mol. The molecule has 0 spiro atoms. The molecule has 2 unspecified atom stereocenters. The maximum Gasteiger partial charge on any atom is 0.318 e. The van der Waals surface area contributed by atoms with Crippen LogP contribution in [-0.2, 0) is 33.6 Å². The predicted octanol–water partition coefficient (Wildman–Crippen LogP) is 5.10. The van der Waals surface area contributed by atoms with Gasteiger partial charge in [-0.15, -0.1) is 0 Å². The summed E-state index contributed by atoms with van der Waals surface area (Å²) >= 11 is 6.04. The first-order chi connectivity index (χ1) is 16.7. The number of rotatable bonds is 13. The van der Waals surface area contributed by atoms with Crippen LogP contribution in [0.5, 0.6) is 0 Å². The van der Waals surface area contributed by atoms with Gasteiger partial charge >= 0.3 is 16.5 Å². The molecule has 0 saturated carbocycles. The Kier molecular flexibility index (Phi) is 10.2. The van der Waals surface area contributed by atoms with Crippen LogP contribution in [0.1, 0.15) is 12.1 Å². The lowest BCUT2D eigenvalue weighted by molar-refractivity contribution is -0.0475. The molecular formula is C22H26ClFN2O7P2. The summed E-state index contributed by atoms with van der Waals surface area (Å²) < 4.78 is 57.8. The van der Waals surface area contributed by atoms with Crippen LogP contribution in [0.4, 0.5) is 4.39 Å². The minimum absolute atomic E-state index is 0.0613. The lowest BCUT2D eigenvalue weighted by Gasteiger charge is -2.27. The Morgan fingerprint density at radius 3 is 2.11 bits per heavy atom. The number of aryl methyl sites for hydroxylation is 1. The van der Waals surface area contributed by atoms with Crippen LogP contribution < -0.4 is 0 Å². The molecule has 0 bridgehead atoms. The van der Waals surface area contributed by atoms with Gasteiger partial charge in [0.05, 0.1) is 24.6 Å². The van der Waals surface area contributed by atoms with Gasteiger partial charge < -0.3 is 23.2 Å². The van der Waals surface area contributed by atoms with Gasteiger partial charge in [0.1, 0.15) is 11.4 Å². The van der Waals surface area contributed by atoms with Crippen LogP contribution in [0.25, 0.3) is 16.8 Å². The zero-order chi connectivity index (χ0) is 25.4. The van der Waals surface area contributed by atoms with Crippen molar-refractivity contribution in [2.45, 2.75) is 18.4 Å². The van der Waals surface area contributed by atoms with E-state index in [1.54, 1.807) is 35.1 Å². The second kappa shape index (κ2) is 12.9. The van der Waals surface area contributed by atoms with E-state index in [4.69, 9.17) is 20.6 Å². The highest BCUT2D eigenvalue weighted by atomic mass is 35.5. The molecule has 3 aromatic rings. The molecular weight excluding hydrogens is 521 g/mol. The largest absolute Gasteiger partial charge is 0.385 e. The van der Waals surface area contributed by atoms with E-state index < -0.39 is 22.1 Å². The fraction of sp³-hybridized carbons (Fsp3) is 0.318. The summed E-state index contributed by atoms with van der Waals surface area (Å²) in [7, 11) is -3.17. The summed E-state index contributed by atoms with van der Waals surface area (Å²) in [5.41, 5.74) is 1.21. The van der Waals surface area contributed by atoms with Gasteiger partial charge in [0.15, 0.2) is 0 Å². The van der Waals surface area contributed by atoms with Gasteiger partial charge in [0.2, 0.25) is 0 Å². The highest BCUT2D eigenvalue weighted by Crippen LogP contribution is 2.32. The molecule has 35 heavy (non-hydrogen) atoms. The van der Waals surface area contributed by atoms with E-state index in [2.05, 4.69) is 14.1 Å². The summed E-state index contributed by atoms with van der Waals surface area (Å²) in [5.74, 6) is -0.366. The van der Waals surface area contributed by atoms with Gasteiger partial charge in [0.25, 0.3) is 0 Å². The van der Waals surface area contributed by atoms with Crippen molar-refractivity contribution in [2.75, 3.05) is 27.4 Å². The van der Waals surface area contributed by atoms with E-state index in [0.29, 0.717) is 16.4 Å². The van der Waals surface area contributed by atoms with Crippen molar-refractivity contribution in [1.29, 1.82) is 0 Å². The highest BCUT2D eigenvalue weighted by molar-refractivity contribution is 7.33. The third kappa shape index (κ3) is 8.07. The molecule has 1 aromatic heterocycles. The van der Waals surface area contributed by atoms with Gasteiger partial charge in [-0.05, 0) is 54.8 Å². The molecule has 9 nitrogen and oxygen atoms in total. The van der Waals surface area contributed by atoms with Crippen molar-refractivity contribution in [1.82, 2.24) is 9.78 Å². The van der Waals surface area contributed by atoms with Crippen LogP contribution in [0.15, 0.2) is 54.7 Å². The molecule has 190 valence electrons. The molecule has 0 radical (unpaired) electrons. The molecule has 0 aliphatic rings. The third-order valence-corrected chi connectivity index (χ3v) is 6.79. The van der Waals surface area contributed by atoms with E-state index in [1.807, 2.05) is 12.1 Å². The normalized spacial score (nSPS) is 15.0. The molecule has 2 atom stereocenters. The maximum absolute atomic E-state index is 13.4. The molecule has 0 saturated heterocycles. The van der Waals surface area contributed by atoms with E-state index in [9.17, 15) is 18.6 Å². The van der Waals surface area contributed by atoms with Crippen LogP contribution in [0.3, 0.4) is 0 Å². The molecule has 0 amide bonds. The molecule has 2 aromatic carbocycles. The second-order valence-corrected chi connectivity index (χ2v) is 10.5. The van der Waals surface area contributed by atoms with Crippen molar-refractivity contribution in [3.63, 3.8) is 0 Å². The fourth-order valence-electron chi connectivity index (χ4n) is 3.23. The van der Waals surface area contributed by atoms with Gasteiger partial charge in [-0.3, -0.25) is 9.13 Å². The maximum atomic E-state index is 13.4. The molecule has 0 aliphatic carbocycles. The standard InChI is InChI=1S/C22H26ClFN2O7P2/c1-30-34(28)32-14-22(27,15-33-35(29)31-2)12-11-21-20(16-3-5-17(23)6-4-16)13-26(25-21)19-9-7-18(24)8-10-19/h3-10,13,27,34-35H,11-12,14-15H2,1-2H3. The van der Waals surface area contributed by atoms with Crippen molar-refractivity contribution in [3.8, 4) is 16.8 Å². The summed E-state index contributed by atoms with van der Waals surface area (Å²) in [6.07, 6.45) is 2.11. The number of benzene rings is 2. The number of aliphatic hydroxyl groups is 1. The van der Waals surface area contributed by atoms with E-state index in [-0.39, 0.29) is 31.9 Å². The zero-order valence-electron chi connectivity index (χ0n) is 19.1. The van der Waals surface area contributed by atoms with Crippen molar-refractivity contribution < 1.29 is 36.7 Å². The molecule has 1 N–H and O–H groups in total. The van der Waals surface area contributed by atoms with Gasteiger partial charge in [-0.2, -0.15) is 5.10 Å². The summed E-state index contributed by atoms with van der Waals surface area (Å²) in [6.45, 7) is -0.765. The Balaban J connectivity index is 1.89. The smallest absolute Gasteiger partial charge is 0.318 e. The van der Waals surface area contributed by atoms with E-state index in [1.165, 1.54) is 26.4 Å². The number of hydrogen-bond acceptors (Lipinski definition) is 8. The molecule has 13 heteroatoms. The van der Waals surface area contributed by atoms with E-state index >= 15 is 0 Å². The van der Waals surface area contributed by atoms with E-state index in [0.717, 1.165) is 11.1 Å².